The van der Waals surface area contributed by atoms with Crippen LogP contribution in [-0.4, -0.2) is 52.6 Å². The summed E-state index contributed by atoms with van der Waals surface area (Å²) >= 11 is 0. The second-order valence-electron chi connectivity index (χ2n) is 10.3. The van der Waals surface area contributed by atoms with Crippen molar-refractivity contribution in [1.82, 2.24) is 14.3 Å². The largest absolute Gasteiger partial charge is 0.480 e. The number of unbranched alkanes of at least 4 members (excludes halogenated alkanes) is 1. The van der Waals surface area contributed by atoms with Crippen LogP contribution in [0.15, 0.2) is 71.9 Å². The van der Waals surface area contributed by atoms with E-state index >= 15 is 0 Å². The van der Waals surface area contributed by atoms with E-state index in [1.54, 1.807) is 30.3 Å². The van der Waals surface area contributed by atoms with Crippen LogP contribution in [-0.2, 0) is 39.1 Å². The number of benzene rings is 1. The van der Waals surface area contributed by atoms with Crippen LogP contribution in [0.1, 0.15) is 57.4 Å². The normalized spacial score (nSPS) is 12.0. The number of anilines is 1. The van der Waals surface area contributed by atoms with E-state index < -0.39 is 21.6 Å². The minimum absolute atomic E-state index is 0.0206. The Morgan fingerprint density at radius 3 is 2.41 bits per heavy atom. The highest BCUT2D eigenvalue weighted by Gasteiger charge is 2.27. The van der Waals surface area contributed by atoms with Crippen LogP contribution in [0, 0.1) is 0 Å². The van der Waals surface area contributed by atoms with Gasteiger partial charge in [-0.2, -0.15) is 4.31 Å². The first-order valence-corrected chi connectivity index (χ1v) is 14.5. The predicted octanol–water partition coefficient (Wildman–Crippen LogP) is 4.87. The van der Waals surface area contributed by atoms with Gasteiger partial charge in [-0.05, 0) is 69.0 Å². The Morgan fingerprint density at radius 1 is 1.00 bits per heavy atom. The van der Waals surface area contributed by atoms with E-state index in [0.717, 1.165) is 30.4 Å². The molecule has 10 heteroatoms. The summed E-state index contributed by atoms with van der Waals surface area (Å²) in [5.41, 5.74) is 2.02. The molecule has 0 saturated carbocycles. The Labute approximate surface area is 231 Å². The number of aliphatic carboxylic acids is 1. The molecule has 1 aromatic carbocycles. The number of hydrogen-bond acceptors (Lipinski definition) is 7. The van der Waals surface area contributed by atoms with Crippen molar-refractivity contribution >= 4 is 21.8 Å². The van der Waals surface area contributed by atoms with Gasteiger partial charge in [0, 0.05) is 12.7 Å². The Balaban J connectivity index is 1.94. The Hall–Kier alpha value is -3.34. The number of pyridine rings is 2. The third kappa shape index (κ3) is 9.42. The molecule has 9 nitrogen and oxygen atoms in total. The Bertz CT molecular complexity index is 1330. The zero-order chi connectivity index (χ0) is 28.5. The summed E-state index contributed by atoms with van der Waals surface area (Å²) in [6.07, 6.45) is 4.51. The molecule has 0 aliphatic rings. The van der Waals surface area contributed by atoms with Crippen molar-refractivity contribution in [2.24, 2.45) is 0 Å². The van der Waals surface area contributed by atoms with Gasteiger partial charge >= 0.3 is 5.97 Å². The van der Waals surface area contributed by atoms with Gasteiger partial charge in [-0.3, -0.25) is 4.79 Å². The number of carboxylic acids is 1. The highest BCUT2D eigenvalue weighted by molar-refractivity contribution is 7.89. The summed E-state index contributed by atoms with van der Waals surface area (Å²) < 4.78 is 34.6. The quantitative estimate of drug-likeness (QED) is 0.281. The van der Waals surface area contributed by atoms with Gasteiger partial charge in [0.2, 0.25) is 0 Å². The van der Waals surface area contributed by atoms with Crippen molar-refractivity contribution in [2.45, 2.75) is 70.7 Å². The zero-order valence-corrected chi connectivity index (χ0v) is 23.9. The molecule has 0 aliphatic heterocycles. The van der Waals surface area contributed by atoms with Gasteiger partial charge in [-0.25, -0.2) is 18.4 Å². The van der Waals surface area contributed by atoms with Crippen LogP contribution in [0.3, 0.4) is 0 Å². The fourth-order valence-electron chi connectivity index (χ4n) is 3.87. The number of aromatic nitrogens is 2. The zero-order valence-electron chi connectivity index (χ0n) is 23.1. The van der Waals surface area contributed by atoms with Crippen molar-refractivity contribution in [3.05, 3.63) is 83.7 Å². The molecule has 0 radical (unpaired) electrons. The maximum Gasteiger partial charge on any atom is 0.323 e. The van der Waals surface area contributed by atoms with E-state index in [-0.39, 0.29) is 31.4 Å². The van der Waals surface area contributed by atoms with Gasteiger partial charge in [0.25, 0.3) is 10.0 Å². The molecule has 0 spiro atoms. The predicted molar refractivity (Wildman–Crippen MR) is 151 cm³/mol. The third-order valence-electron chi connectivity index (χ3n) is 5.85. The maximum absolute atomic E-state index is 13.7. The van der Waals surface area contributed by atoms with Crippen LogP contribution in [0.2, 0.25) is 0 Å². The maximum atomic E-state index is 13.7. The summed E-state index contributed by atoms with van der Waals surface area (Å²) in [6, 6.07) is 17.9. The van der Waals surface area contributed by atoms with Crippen LogP contribution in [0.4, 0.5) is 5.82 Å². The Morgan fingerprint density at radius 2 is 1.74 bits per heavy atom. The molecule has 3 rings (SSSR count). The smallest absolute Gasteiger partial charge is 0.323 e. The number of nitrogens with zero attached hydrogens (tertiary/aromatic N) is 4. The highest BCUT2D eigenvalue weighted by Crippen LogP contribution is 2.22. The molecule has 0 bridgehead atoms. The minimum Gasteiger partial charge on any atom is -0.480 e. The van der Waals surface area contributed by atoms with Crippen LogP contribution >= 0.6 is 0 Å². The van der Waals surface area contributed by atoms with Gasteiger partial charge in [0.15, 0.2) is 5.03 Å². The molecule has 39 heavy (non-hydrogen) atoms. The van der Waals surface area contributed by atoms with E-state index in [1.807, 2.05) is 39.0 Å². The number of rotatable bonds is 14. The first kappa shape index (κ1) is 30.2. The highest BCUT2D eigenvalue weighted by atomic mass is 32.2. The number of hydrogen-bond donors (Lipinski definition) is 1. The summed E-state index contributed by atoms with van der Waals surface area (Å²) in [6.45, 7) is 7.61. The topological polar surface area (TPSA) is 113 Å². The molecule has 0 saturated heterocycles. The molecule has 0 fully saturated rings. The fourth-order valence-corrected chi connectivity index (χ4v) is 5.20. The monoisotopic (exact) mass is 554 g/mol. The number of ether oxygens (including phenoxy) is 1. The van der Waals surface area contributed by atoms with Gasteiger partial charge in [-0.15, -0.1) is 0 Å². The van der Waals surface area contributed by atoms with E-state index in [1.165, 1.54) is 21.5 Å². The lowest BCUT2D eigenvalue weighted by molar-refractivity contribution is -0.135. The SMILES string of the molecule is CCCCc1cccc(CN(Cc2cccc(N(COC(C)(C)C)CC(=O)O)n2)S(=O)(=O)c2ccccn2)c1. The lowest BCUT2D eigenvalue weighted by Crippen LogP contribution is -2.36. The lowest BCUT2D eigenvalue weighted by atomic mass is 10.1. The molecule has 1 N–H and O–H groups in total. The van der Waals surface area contributed by atoms with Gasteiger partial charge in [0.05, 0.1) is 17.8 Å². The Kier molecular flexibility index (Phi) is 10.6. The van der Waals surface area contributed by atoms with Crippen LogP contribution in [0.5, 0.6) is 0 Å². The standard InChI is InChI=1S/C29H38N4O5S/c1-5-6-11-23-12-9-13-24(18-23)19-33(39(36,37)27-16-7-8-17-30-27)20-25-14-10-15-26(31-25)32(21-28(34)35)22-38-29(2,3)4/h7-10,12-18H,5-6,11,19-22H2,1-4H3,(H,34,35). The molecular weight excluding hydrogens is 516 g/mol. The molecule has 0 unspecified atom stereocenters. The molecule has 210 valence electrons. The minimum atomic E-state index is -3.96. The lowest BCUT2D eigenvalue weighted by Gasteiger charge is -2.28. The van der Waals surface area contributed by atoms with Crippen LogP contribution < -0.4 is 4.90 Å². The molecule has 2 aromatic heterocycles. The summed E-state index contributed by atoms with van der Waals surface area (Å²) in [5, 5.41) is 9.40. The summed E-state index contributed by atoms with van der Waals surface area (Å²) in [7, 11) is -3.96. The molecule has 0 atom stereocenters. The molecule has 3 aromatic rings. The van der Waals surface area contributed by atoms with Gasteiger partial charge in [0.1, 0.15) is 19.1 Å². The first-order valence-electron chi connectivity index (χ1n) is 13.0. The second kappa shape index (κ2) is 13.6. The fraction of sp³-hybridized carbons (Fsp3) is 0.414. The van der Waals surface area contributed by atoms with Crippen LogP contribution in [0.25, 0.3) is 0 Å². The van der Waals surface area contributed by atoms with E-state index in [0.29, 0.717) is 11.5 Å². The van der Waals surface area contributed by atoms with Crippen molar-refractivity contribution in [3.63, 3.8) is 0 Å². The second-order valence-corrected chi connectivity index (χ2v) is 12.2. The average Bonchev–Trinajstić information content (AvgIpc) is 2.89. The summed E-state index contributed by atoms with van der Waals surface area (Å²) in [5.74, 6) is -0.641. The summed E-state index contributed by atoms with van der Waals surface area (Å²) in [4.78, 5) is 21.8. The molecular formula is C29H38N4O5S. The van der Waals surface area contributed by atoms with Crippen molar-refractivity contribution in [1.29, 1.82) is 0 Å². The molecule has 0 aliphatic carbocycles. The number of carbonyl (C=O) groups is 1. The third-order valence-corrected chi connectivity index (χ3v) is 7.55. The average molecular weight is 555 g/mol. The number of aryl methyl sites for hydroxylation is 1. The van der Waals surface area contributed by atoms with E-state index in [4.69, 9.17) is 4.74 Å². The van der Waals surface area contributed by atoms with Crippen molar-refractivity contribution < 1.29 is 23.1 Å². The van der Waals surface area contributed by atoms with Crippen molar-refractivity contribution in [2.75, 3.05) is 18.2 Å². The molecule has 0 amide bonds. The van der Waals surface area contributed by atoms with Gasteiger partial charge in [-0.1, -0.05) is 49.7 Å². The first-order chi connectivity index (χ1) is 18.5. The van der Waals surface area contributed by atoms with E-state index in [9.17, 15) is 18.3 Å². The van der Waals surface area contributed by atoms with Gasteiger partial charge < -0.3 is 14.7 Å². The number of sulfonamides is 1. The molecule has 2 heterocycles. The van der Waals surface area contributed by atoms with Crippen molar-refractivity contribution in [3.8, 4) is 0 Å². The van der Waals surface area contributed by atoms with E-state index in [2.05, 4.69) is 23.0 Å². The number of carboxylic acid groups (broad SMARTS) is 1.